The lowest BCUT2D eigenvalue weighted by Gasteiger charge is -2.20. The number of aromatic nitrogens is 1. The summed E-state index contributed by atoms with van der Waals surface area (Å²) < 4.78 is 0. The molecule has 0 spiro atoms. The van der Waals surface area contributed by atoms with Crippen LogP contribution in [-0.2, 0) is 6.42 Å². The van der Waals surface area contributed by atoms with E-state index in [0.717, 1.165) is 19.3 Å². The molecule has 0 aliphatic rings. The normalized spacial score (nSPS) is 15.2. The van der Waals surface area contributed by atoms with E-state index < -0.39 is 5.60 Å². The highest BCUT2D eigenvalue weighted by Crippen LogP contribution is 2.22. The summed E-state index contributed by atoms with van der Waals surface area (Å²) in [6, 6.07) is 8.29. The summed E-state index contributed by atoms with van der Waals surface area (Å²) in [6.45, 7) is 3.93. The SMILES string of the molecule is CCC(C)(O)CCc1c[nH]c2ccccc12. The highest BCUT2D eigenvalue weighted by Gasteiger charge is 2.17. The number of H-pyrrole nitrogens is 1. The second-order valence-electron chi connectivity index (χ2n) is 4.71. The van der Waals surface area contributed by atoms with Gasteiger partial charge < -0.3 is 10.1 Å². The van der Waals surface area contributed by atoms with E-state index in [-0.39, 0.29) is 0 Å². The van der Waals surface area contributed by atoms with E-state index in [2.05, 4.69) is 29.4 Å². The highest BCUT2D eigenvalue weighted by molar-refractivity contribution is 5.82. The molecule has 0 radical (unpaired) electrons. The van der Waals surface area contributed by atoms with Gasteiger partial charge in [0.25, 0.3) is 0 Å². The van der Waals surface area contributed by atoms with Crippen molar-refractivity contribution in [2.75, 3.05) is 0 Å². The van der Waals surface area contributed by atoms with E-state index in [0.29, 0.717) is 0 Å². The molecule has 1 heterocycles. The van der Waals surface area contributed by atoms with Crippen LogP contribution < -0.4 is 0 Å². The molecule has 1 aromatic carbocycles. The second-order valence-corrected chi connectivity index (χ2v) is 4.71. The van der Waals surface area contributed by atoms with Gasteiger partial charge in [-0.3, -0.25) is 0 Å². The monoisotopic (exact) mass is 217 g/mol. The zero-order valence-corrected chi connectivity index (χ0v) is 9.96. The number of aryl methyl sites for hydroxylation is 1. The van der Waals surface area contributed by atoms with Gasteiger partial charge in [-0.05, 0) is 37.8 Å². The predicted molar refractivity (Wildman–Crippen MR) is 67.5 cm³/mol. The van der Waals surface area contributed by atoms with Gasteiger partial charge in [0.2, 0.25) is 0 Å². The first-order chi connectivity index (χ1) is 7.62. The van der Waals surface area contributed by atoms with Crippen LogP contribution in [0.1, 0.15) is 32.3 Å². The fraction of sp³-hybridized carbons (Fsp3) is 0.429. The van der Waals surface area contributed by atoms with Gasteiger partial charge in [0.1, 0.15) is 0 Å². The van der Waals surface area contributed by atoms with Crippen LogP contribution in [0.15, 0.2) is 30.5 Å². The van der Waals surface area contributed by atoms with Crippen LogP contribution in [0.4, 0.5) is 0 Å². The van der Waals surface area contributed by atoms with Gasteiger partial charge in [-0.15, -0.1) is 0 Å². The first kappa shape index (κ1) is 11.2. The van der Waals surface area contributed by atoms with Gasteiger partial charge in [0.05, 0.1) is 5.60 Å². The number of para-hydroxylation sites is 1. The van der Waals surface area contributed by atoms with Crippen molar-refractivity contribution in [3.05, 3.63) is 36.0 Å². The van der Waals surface area contributed by atoms with E-state index >= 15 is 0 Å². The molecule has 2 N–H and O–H groups in total. The van der Waals surface area contributed by atoms with Crippen molar-refractivity contribution in [3.8, 4) is 0 Å². The zero-order chi connectivity index (χ0) is 11.6. The third-order valence-corrected chi connectivity index (χ3v) is 3.37. The van der Waals surface area contributed by atoms with Crippen LogP contribution in [0.3, 0.4) is 0 Å². The van der Waals surface area contributed by atoms with Gasteiger partial charge in [-0.1, -0.05) is 25.1 Å². The molecule has 0 bridgehead atoms. The van der Waals surface area contributed by atoms with E-state index in [1.165, 1.54) is 16.5 Å². The Morgan fingerprint density at radius 1 is 1.31 bits per heavy atom. The van der Waals surface area contributed by atoms with Gasteiger partial charge in [0.15, 0.2) is 0 Å². The molecule has 2 nitrogen and oxygen atoms in total. The first-order valence-electron chi connectivity index (χ1n) is 5.90. The van der Waals surface area contributed by atoms with Crippen molar-refractivity contribution in [2.45, 2.75) is 38.7 Å². The highest BCUT2D eigenvalue weighted by atomic mass is 16.3. The smallest absolute Gasteiger partial charge is 0.0620 e. The molecule has 0 saturated heterocycles. The Labute approximate surface area is 96.3 Å². The zero-order valence-electron chi connectivity index (χ0n) is 9.96. The van der Waals surface area contributed by atoms with Crippen molar-refractivity contribution < 1.29 is 5.11 Å². The van der Waals surface area contributed by atoms with Gasteiger partial charge >= 0.3 is 0 Å². The van der Waals surface area contributed by atoms with E-state index in [1.807, 2.05) is 19.9 Å². The Bertz CT molecular complexity index is 470. The summed E-state index contributed by atoms with van der Waals surface area (Å²) in [5.41, 5.74) is 1.93. The molecular weight excluding hydrogens is 198 g/mol. The van der Waals surface area contributed by atoms with Gasteiger partial charge in [-0.2, -0.15) is 0 Å². The maximum Gasteiger partial charge on any atom is 0.0620 e. The third-order valence-electron chi connectivity index (χ3n) is 3.37. The minimum atomic E-state index is -0.543. The fourth-order valence-electron chi connectivity index (χ4n) is 1.92. The lowest BCUT2D eigenvalue weighted by Crippen LogP contribution is -2.23. The van der Waals surface area contributed by atoms with E-state index in [9.17, 15) is 5.11 Å². The van der Waals surface area contributed by atoms with Crippen molar-refractivity contribution in [2.24, 2.45) is 0 Å². The van der Waals surface area contributed by atoms with Crippen LogP contribution in [0.25, 0.3) is 10.9 Å². The lowest BCUT2D eigenvalue weighted by molar-refractivity contribution is 0.0474. The number of nitrogens with one attached hydrogen (secondary N) is 1. The van der Waals surface area contributed by atoms with Crippen LogP contribution in [0.5, 0.6) is 0 Å². The molecule has 86 valence electrons. The summed E-state index contributed by atoms with van der Waals surface area (Å²) in [7, 11) is 0. The molecule has 1 aromatic heterocycles. The number of hydrogen-bond acceptors (Lipinski definition) is 1. The number of hydrogen-bond donors (Lipinski definition) is 2. The predicted octanol–water partition coefficient (Wildman–Crippen LogP) is 3.26. The van der Waals surface area contributed by atoms with E-state index in [1.54, 1.807) is 0 Å². The standard InChI is InChI=1S/C14H19NO/c1-3-14(2,16)9-8-11-10-15-13-7-5-4-6-12(11)13/h4-7,10,15-16H,3,8-9H2,1-2H3. The minimum Gasteiger partial charge on any atom is -0.390 e. The molecule has 2 heteroatoms. The summed E-state index contributed by atoms with van der Waals surface area (Å²) >= 11 is 0. The quantitative estimate of drug-likeness (QED) is 0.810. The fourth-order valence-corrected chi connectivity index (χ4v) is 1.92. The molecular formula is C14H19NO. The first-order valence-corrected chi connectivity index (χ1v) is 5.90. The summed E-state index contributed by atoms with van der Waals surface area (Å²) in [5, 5.41) is 11.3. The maximum absolute atomic E-state index is 9.98. The van der Waals surface area contributed by atoms with Crippen molar-refractivity contribution >= 4 is 10.9 Å². The molecule has 1 atom stereocenters. The Kier molecular flexibility index (Phi) is 3.01. The second kappa shape index (κ2) is 4.30. The topological polar surface area (TPSA) is 36.0 Å². The van der Waals surface area contributed by atoms with Crippen molar-refractivity contribution in [3.63, 3.8) is 0 Å². The molecule has 2 aromatic rings. The van der Waals surface area contributed by atoms with Crippen molar-refractivity contribution in [1.82, 2.24) is 4.98 Å². The Morgan fingerprint density at radius 2 is 2.06 bits per heavy atom. The number of aromatic amines is 1. The summed E-state index contributed by atoms with van der Waals surface area (Å²) in [6.07, 6.45) is 4.59. The average molecular weight is 217 g/mol. The molecule has 0 aliphatic carbocycles. The average Bonchev–Trinajstić information content (AvgIpc) is 2.70. The Morgan fingerprint density at radius 3 is 2.81 bits per heavy atom. The van der Waals surface area contributed by atoms with Crippen LogP contribution in [0, 0.1) is 0 Å². The molecule has 16 heavy (non-hydrogen) atoms. The minimum absolute atomic E-state index is 0.543. The van der Waals surface area contributed by atoms with Gasteiger partial charge in [0, 0.05) is 17.1 Å². The molecule has 0 aliphatic heterocycles. The summed E-state index contributed by atoms with van der Waals surface area (Å²) in [4.78, 5) is 3.26. The molecule has 0 fully saturated rings. The van der Waals surface area contributed by atoms with Crippen LogP contribution in [0.2, 0.25) is 0 Å². The molecule has 0 amide bonds. The largest absolute Gasteiger partial charge is 0.390 e. The molecule has 0 saturated carbocycles. The number of aliphatic hydroxyl groups is 1. The maximum atomic E-state index is 9.98. The molecule has 1 unspecified atom stereocenters. The Hall–Kier alpha value is -1.28. The summed E-state index contributed by atoms with van der Waals surface area (Å²) in [5.74, 6) is 0. The number of rotatable bonds is 4. The lowest BCUT2D eigenvalue weighted by atomic mass is 9.94. The third kappa shape index (κ3) is 2.27. The number of fused-ring (bicyclic) bond motifs is 1. The van der Waals surface area contributed by atoms with Crippen LogP contribution in [-0.4, -0.2) is 15.7 Å². The van der Waals surface area contributed by atoms with Crippen LogP contribution >= 0.6 is 0 Å². The van der Waals surface area contributed by atoms with Gasteiger partial charge in [-0.25, -0.2) is 0 Å². The Balaban J connectivity index is 2.16. The van der Waals surface area contributed by atoms with Crippen molar-refractivity contribution in [1.29, 1.82) is 0 Å². The molecule has 2 rings (SSSR count). The number of benzene rings is 1. The van der Waals surface area contributed by atoms with E-state index in [4.69, 9.17) is 0 Å².